The maximum Gasteiger partial charge on any atom is 0.255 e. The summed E-state index contributed by atoms with van der Waals surface area (Å²) in [7, 11) is -1.86. The van der Waals surface area contributed by atoms with E-state index in [0.29, 0.717) is 22.7 Å². The van der Waals surface area contributed by atoms with E-state index in [4.69, 9.17) is 4.74 Å². The van der Waals surface area contributed by atoms with Gasteiger partial charge in [0.05, 0.1) is 19.1 Å². The van der Waals surface area contributed by atoms with Gasteiger partial charge in [-0.15, -0.1) is 0 Å². The van der Waals surface area contributed by atoms with Crippen molar-refractivity contribution in [3.8, 4) is 5.75 Å². The van der Waals surface area contributed by atoms with E-state index in [2.05, 4.69) is 10.0 Å². The zero-order chi connectivity index (χ0) is 17.0. The highest BCUT2D eigenvalue weighted by atomic mass is 32.2. The summed E-state index contributed by atoms with van der Waals surface area (Å²) in [5.41, 5.74) is 2.05. The van der Waals surface area contributed by atoms with E-state index in [1.165, 1.54) is 6.07 Å². The van der Waals surface area contributed by atoms with E-state index >= 15 is 0 Å². The molecule has 0 saturated carbocycles. The zero-order valence-electron chi connectivity index (χ0n) is 13.1. The molecular formula is C16H18N2O4S. The van der Waals surface area contributed by atoms with Gasteiger partial charge in [-0.05, 0) is 36.8 Å². The Kier molecular flexibility index (Phi) is 4.90. The number of rotatable bonds is 5. The molecule has 0 aliphatic carbocycles. The van der Waals surface area contributed by atoms with Crippen molar-refractivity contribution < 1.29 is 17.9 Å². The Balaban J connectivity index is 2.23. The summed E-state index contributed by atoms with van der Waals surface area (Å²) in [6, 6.07) is 11.8. The Bertz CT molecular complexity index is 832. The van der Waals surface area contributed by atoms with Crippen molar-refractivity contribution in [3.63, 3.8) is 0 Å². The first-order valence-electron chi connectivity index (χ1n) is 6.82. The van der Waals surface area contributed by atoms with Gasteiger partial charge in [0.1, 0.15) is 5.75 Å². The van der Waals surface area contributed by atoms with E-state index in [9.17, 15) is 13.2 Å². The predicted octanol–water partition coefficient (Wildman–Crippen LogP) is 2.63. The number of benzene rings is 2. The van der Waals surface area contributed by atoms with Crippen LogP contribution in [0.5, 0.6) is 5.75 Å². The minimum Gasteiger partial charge on any atom is -0.497 e. The lowest BCUT2D eigenvalue weighted by Gasteiger charge is -2.11. The van der Waals surface area contributed by atoms with Gasteiger partial charge in [-0.1, -0.05) is 12.1 Å². The Labute approximate surface area is 135 Å². The molecule has 0 fully saturated rings. The van der Waals surface area contributed by atoms with Crippen LogP contribution in [0.15, 0.2) is 42.5 Å². The first-order chi connectivity index (χ1) is 10.8. The molecule has 0 bridgehead atoms. The van der Waals surface area contributed by atoms with Gasteiger partial charge in [0, 0.05) is 17.3 Å². The van der Waals surface area contributed by atoms with Crippen LogP contribution in [-0.2, 0) is 10.0 Å². The number of aryl methyl sites for hydroxylation is 1. The zero-order valence-corrected chi connectivity index (χ0v) is 13.9. The Hall–Kier alpha value is -2.54. The molecule has 2 N–H and O–H groups in total. The van der Waals surface area contributed by atoms with Crippen LogP contribution in [-0.4, -0.2) is 27.7 Å². The molecule has 122 valence electrons. The maximum absolute atomic E-state index is 12.3. The molecule has 0 saturated heterocycles. The van der Waals surface area contributed by atoms with Crippen LogP contribution in [0.2, 0.25) is 0 Å². The molecule has 0 aromatic heterocycles. The van der Waals surface area contributed by atoms with E-state index < -0.39 is 10.0 Å². The van der Waals surface area contributed by atoms with E-state index in [0.717, 1.165) is 11.8 Å². The average molecular weight is 334 g/mol. The summed E-state index contributed by atoms with van der Waals surface area (Å²) in [5, 5.41) is 2.75. The van der Waals surface area contributed by atoms with Crippen LogP contribution in [0, 0.1) is 6.92 Å². The maximum atomic E-state index is 12.3. The van der Waals surface area contributed by atoms with Gasteiger partial charge in [0.15, 0.2) is 0 Å². The summed E-state index contributed by atoms with van der Waals surface area (Å²) < 4.78 is 30.2. The topological polar surface area (TPSA) is 84.5 Å². The van der Waals surface area contributed by atoms with Crippen LogP contribution < -0.4 is 14.8 Å². The first-order valence-corrected chi connectivity index (χ1v) is 8.71. The third-order valence-corrected chi connectivity index (χ3v) is 3.71. The highest BCUT2D eigenvalue weighted by Gasteiger charge is 2.11. The standard InChI is InChI=1S/C16H18N2O4S/c1-11-7-8-12(9-15(11)18-23(3,20)21)16(19)17-13-5-4-6-14(10-13)22-2/h4-10,18H,1-3H3,(H,17,19). The van der Waals surface area contributed by atoms with Crippen molar-refractivity contribution in [2.24, 2.45) is 0 Å². The molecule has 2 rings (SSSR count). The number of nitrogens with one attached hydrogen (secondary N) is 2. The van der Waals surface area contributed by atoms with Crippen molar-refractivity contribution in [1.82, 2.24) is 0 Å². The van der Waals surface area contributed by atoms with Gasteiger partial charge in [0.2, 0.25) is 10.0 Å². The van der Waals surface area contributed by atoms with E-state index in [1.54, 1.807) is 50.4 Å². The molecule has 2 aromatic rings. The molecule has 6 nitrogen and oxygen atoms in total. The lowest BCUT2D eigenvalue weighted by molar-refractivity contribution is 0.102. The average Bonchev–Trinajstić information content (AvgIpc) is 2.48. The Morgan fingerprint density at radius 2 is 1.87 bits per heavy atom. The van der Waals surface area contributed by atoms with Gasteiger partial charge in [-0.2, -0.15) is 0 Å². The molecule has 0 aliphatic rings. The van der Waals surface area contributed by atoms with Crippen LogP contribution in [0.25, 0.3) is 0 Å². The number of methoxy groups -OCH3 is 1. The second-order valence-electron chi connectivity index (χ2n) is 5.09. The fourth-order valence-corrected chi connectivity index (χ4v) is 2.60. The number of anilines is 2. The highest BCUT2D eigenvalue weighted by molar-refractivity contribution is 7.92. The molecule has 23 heavy (non-hydrogen) atoms. The van der Waals surface area contributed by atoms with Gasteiger partial charge < -0.3 is 10.1 Å². The number of amides is 1. The second kappa shape index (κ2) is 6.70. The van der Waals surface area contributed by atoms with Crippen LogP contribution >= 0.6 is 0 Å². The van der Waals surface area contributed by atoms with Crippen LogP contribution in [0.3, 0.4) is 0 Å². The summed E-state index contributed by atoms with van der Waals surface area (Å²) in [6.45, 7) is 1.76. The highest BCUT2D eigenvalue weighted by Crippen LogP contribution is 2.21. The van der Waals surface area contributed by atoms with E-state index in [1.807, 2.05) is 0 Å². The molecule has 0 aliphatic heterocycles. The minimum atomic E-state index is -3.41. The molecule has 0 atom stereocenters. The number of hydrogen-bond donors (Lipinski definition) is 2. The molecule has 0 heterocycles. The van der Waals surface area contributed by atoms with Crippen LogP contribution in [0.1, 0.15) is 15.9 Å². The molecule has 0 spiro atoms. The van der Waals surface area contributed by atoms with Crippen molar-refractivity contribution in [3.05, 3.63) is 53.6 Å². The van der Waals surface area contributed by atoms with Crippen molar-refractivity contribution in [1.29, 1.82) is 0 Å². The second-order valence-corrected chi connectivity index (χ2v) is 6.84. The van der Waals surface area contributed by atoms with Crippen molar-refractivity contribution >= 4 is 27.3 Å². The quantitative estimate of drug-likeness (QED) is 0.880. The number of carbonyl (C=O) groups excluding carboxylic acids is 1. The van der Waals surface area contributed by atoms with Crippen molar-refractivity contribution in [2.75, 3.05) is 23.4 Å². The molecular weight excluding hydrogens is 316 g/mol. The number of carbonyl (C=O) groups is 1. The fourth-order valence-electron chi connectivity index (χ4n) is 1.98. The number of ether oxygens (including phenoxy) is 1. The molecule has 0 unspecified atom stereocenters. The lowest BCUT2D eigenvalue weighted by Crippen LogP contribution is -2.14. The monoisotopic (exact) mass is 334 g/mol. The lowest BCUT2D eigenvalue weighted by atomic mass is 10.1. The molecule has 7 heteroatoms. The smallest absolute Gasteiger partial charge is 0.255 e. The largest absolute Gasteiger partial charge is 0.497 e. The summed E-state index contributed by atoms with van der Waals surface area (Å²) in [4.78, 5) is 12.3. The Morgan fingerprint density at radius 3 is 2.52 bits per heavy atom. The summed E-state index contributed by atoms with van der Waals surface area (Å²) in [6.07, 6.45) is 1.06. The van der Waals surface area contributed by atoms with Crippen LogP contribution in [0.4, 0.5) is 11.4 Å². The fraction of sp³-hybridized carbons (Fsp3) is 0.188. The summed E-state index contributed by atoms with van der Waals surface area (Å²) in [5.74, 6) is 0.293. The third-order valence-electron chi connectivity index (χ3n) is 3.12. The summed E-state index contributed by atoms with van der Waals surface area (Å²) >= 11 is 0. The van der Waals surface area contributed by atoms with Gasteiger partial charge in [-0.25, -0.2) is 8.42 Å². The molecule has 0 radical (unpaired) electrons. The molecule has 1 amide bonds. The SMILES string of the molecule is COc1cccc(NC(=O)c2ccc(C)c(NS(C)(=O)=O)c2)c1. The normalized spacial score (nSPS) is 10.9. The number of hydrogen-bond acceptors (Lipinski definition) is 4. The predicted molar refractivity (Wildman–Crippen MR) is 90.6 cm³/mol. The molecule has 2 aromatic carbocycles. The van der Waals surface area contributed by atoms with E-state index in [-0.39, 0.29) is 5.91 Å². The minimum absolute atomic E-state index is 0.338. The Morgan fingerprint density at radius 1 is 1.13 bits per heavy atom. The third kappa shape index (κ3) is 4.72. The van der Waals surface area contributed by atoms with Crippen molar-refractivity contribution in [2.45, 2.75) is 6.92 Å². The first kappa shape index (κ1) is 16.8. The van der Waals surface area contributed by atoms with Gasteiger partial charge >= 0.3 is 0 Å². The van der Waals surface area contributed by atoms with Gasteiger partial charge in [0.25, 0.3) is 5.91 Å². The number of sulfonamides is 1. The van der Waals surface area contributed by atoms with Gasteiger partial charge in [-0.3, -0.25) is 9.52 Å².